The van der Waals surface area contributed by atoms with E-state index in [9.17, 15) is 0 Å². The summed E-state index contributed by atoms with van der Waals surface area (Å²) in [6, 6.07) is 7.95. The summed E-state index contributed by atoms with van der Waals surface area (Å²) in [5.41, 5.74) is 2.19. The van der Waals surface area contributed by atoms with E-state index in [4.69, 9.17) is 11.6 Å². The SMILES string of the molecule is CC(C)(C)NCc1ccn(Cc2ccc(Br)cc2Cl)n1. The van der Waals surface area contributed by atoms with Gasteiger partial charge in [0.25, 0.3) is 0 Å². The Bertz CT molecular complexity index is 587. The number of nitrogens with zero attached hydrogens (tertiary/aromatic N) is 2. The molecule has 1 aromatic heterocycles. The summed E-state index contributed by atoms with van der Waals surface area (Å²) in [6.45, 7) is 7.88. The average Bonchev–Trinajstić information content (AvgIpc) is 2.77. The van der Waals surface area contributed by atoms with Crippen molar-refractivity contribution in [3.63, 3.8) is 0 Å². The molecule has 0 saturated carbocycles. The highest BCUT2D eigenvalue weighted by atomic mass is 79.9. The molecule has 0 aliphatic carbocycles. The first-order chi connectivity index (χ1) is 9.33. The zero-order chi connectivity index (χ0) is 14.8. The van der Waals surface area contributed by atoms with Gasteiger partial charge < -0.3 is 5.32 Å². The molecule has 2 rings (SSSR count). The Labute approximate surface area is 133 Å². The molecule has 108 valence electrons. The lowest BCUT2D eigenvalue weighted by molar-refractivity contribution is 0.419. The molecule has 1 heterocycles. The molecule has 0 aliphatic rings. The smallest absolute Gasteiger partial charge is 0.0762 e. The molecule has 0 amide bonds. The molecule has 0 spiro atoms. The first-order valence-corrected chi connectivity index (χ1v) is 7.72. The van der Waals surface area contributed by atoms with Gasteiger partial charge in [0.05, 0.1) is 12.2 Å². The molecule has 0 saturated heterocycles. The van der Waals surface area contributed by atoms with Gasteiger partial charge in [0, 0.05) is 27.8 Å². The van der Waals surface area contributed by atoms with Crippen molar-refractivity contribution >= 4 is 27.5 Å². The normalized spacial score (nSPS) is 11.8. The first-order valence-electron chi connectivity index (χ1n) is 6.55. The summed E-state index contributed by atoms with van der Waals surface area (Å²) in [5.74, 6) is 0. The number of rotatable bonds is 4. The molecule has 20 heavy (non-hydrogen) atoms. The largest absolute Gasteiger partial charge is 0.306 e. The number of nitrogens with one attached hydrogen (secondary N) is 1. The summed E-state index contributed by atoms with van der Waals surface area (Å²) in [5, 5.41) is 8.74. The molecule has 0 aliphatic heterocycles. The Morgan fingerprint density at radius 1 is 1.30 bits per heavy atom. The maximum atomic E-state index is 6.22. The van der Waals surface area contributed by atoms with Crippen molar-refractivity contribution in [2.24, 2.45) is 0 Å². The fraction of sp³-hybridized carbons (Fsp3) is 0.400. The van der Waals surface area contributed by atoms with E-state index in [1.54, 1.807) is 0 Å². The second-order valence-corrected chi connectivity index (χ2v) is 7.17. The molecular weight excluding hydrogens is 338 g/mol. The van der Waals surface area contributed by atoms with Gasteiger partial charge in [0.2, 0.25) is 0 Å². The van der Waals surface area contributed by atoms with Crippen LogP contribution in [0.25, 0.3) is 0 Å². The van der Waals surface area contributed by atoms with Crippen molar-refractivity contribution in [3.8, 4) is 0 Å². The first kappa shape index (κ1) is 15.5. The van der Waals surface area contributed by atoms with Crippen molar-refractivity contribution in [3.05, 3.63) is 51.2 Å². The Morgan fingerprint density at radius 3 is 2.70 bits per heavy atom. The number of hydrogen-bond acceptors (Lipinski definition) is 2. The van der Waals surface area contributed by atoms with Crippen LogP contribution in [0.1, 0.15) is 32.0 Å². The standard InChI is InChI=1S/C15H19BrClN3/c1-15(2,3)18-9-13-6-7-20(19-13)10-11-4-5-12(16)8-14(11)17/h4-8,18H,9-10H2,1-3H3. The average molecular weight is 357 g/mol. The summed E-state index contributed by atoms with van der Waals surface area (Å²) in [4.78, 5) is 0. The summed E-state index contributed by atoms with van der Waals surface area (Å²) < 4.78 is 2.90. The van der Waals surface area contributed by atoms with Crippen LogP contribution >= 0.6 is 27.5 Å². The second-order valence-electron chi connectivity index (χ2n) is 5.84. The molecule has 1 aromatic carbocycles. The van der Waals surface area contributed by atoms with Crippen LogP contribution < -0.4 is 5.32 Å². The fourth-order valence-electron chi connectivity index (χ4n) is 1.77. The van der Waals surface area contributed by atoms with Crippen LogP contribution in [0.2, 0.25) is 5.02 Å². The molecule has 0 atom stereocenters. The van der Waals surface area contributed by atoms with Gasteiger partial charge >= 0.3 is 0 Å². The maximum absolute atomic E-state index is 6.22. The number of benzene rings is 1. The van der Waals surface area contributed by atoms with Gasteiger partial charge in [-0.1, -0.05) is 33.6 Å². The molecule has 0 unspecified atom stereocenters. The second kappa shape index (κ2) is 6.29. The highest BCUT2D eigenvalue weighted by Gasteiger charge is 2.10. The van der Waals surface area contributed by atoms with E-state index in [-0.39, 0.29) is 5.54 Å². The van der Waals surface area contributed by atoms with Crippen LogP contribution in [-0.2, 0) is 13.1 Å². The third kappa shape index (κ3) is 4.62. The minimum atomic E-state index is 0.0960. The Balaban J connectivity index is 2.02. The minimum Gasteiger partial charge on any atom is -0.306 e. The maximum Gasteiger partial charge on any atom is 0.0762 e. The third-order valence-electron chi connectivity index (χ3n) is 2.84. The van der Waals surface area contributed by atoms with E-state index in [1.807, 2.05) is 35.1 Å². The molecular formula is C15H19BrClN3. The Kier molecular flexibility index (Phi) is 4.89. The summed E-state index contributed by atoms with van der Waals surface area (Å²) in [6.07, 6.45) is 1.98. The van der Waals surface area contributed by atoms with Gasteiger partial charge in [-0.2, -0.15) is 5.10 Å². The van der Waals surface area contributed by atoms with Crippen molar-refractivity contribution in [1.82, 2.24) is 15.1 Å². The van der Waals surface area contributed by atoms with Crippen LogP contribution in [0.15, 0.2) is 34.9 Å². The predicted octanol–water partition coefficient (Wildman–Crippen LogP) is 4.24. The summed E-state index contributed by atoms with van der Waals surface area (Å²) in [7, 11) is 0. The lowest BCUT2D eigenvalue weighted by Gasteiger charge is -2.19. The zero-order valence-electron chi connectivity index (χ0n) is 12.0. The monoisotopic (exact) mass is 355 g/mol. The van der Waals surface area contributed by atoms with Crippen molar-refractivity contribution < 1.29 is 0 Å². The number of halogens is 2. The van der Waals surface area contributed by atoms with E-state index in [2.05, 4.69) is 47.1 Å². The van der Waals surface area contributed by atoms with Crippen molar-refractivity contribution in [2.75, 3.05) is 0 Å². The van der Waals surface area contributed by atoms with Crippen LogP contribution in [0.3, 0.4) is 0 Å². The number of aromatic nitrogens is 2. The summed E-state index contributed by atoms with van der Waals surface area (Å²) >= 11 is 9.63. The van der Waals surface area contributed by atoms with E-state index in [0.29, 0.717) is 6.54 Å². The molecule has 0 radical (unpaired) electrons. The molecule has 3 nitrogen and oxygen atoms in total. The number of hydrogen-bond donors (Lipinski definition) is 1. The molecule has 2 aromatic rings. The predicted molar refractivity (Wildman–Crippen MR) is 87.1 cm³/mol. The highest BCUT2D eigenvalue weighted by Crippen LogP contribution is 2.22. The van der Waals surface area contributed by atoms with E-state index >= 15 is 0 Å². The lowest BCUT2D eigenvalue weighted by Crippen LogP contribution is -2.35. The lowest BCUT2D eigenvalue weighted by atomic mass is 10.1. The van der Waals surface area contributed by atoms with Crippen LogP contribution in [0, 0.1) is 0 Å². The van der Waals surface area contributed by atoms with Crippen molar-refractivity contribution in [1.29, 1.82) is 0 Å². The molecule has 5 heteroatoms. The van der Waals surface area contributed by atoms with Crippen LogP contribution in [0.4, 0.5) is 0 Å². The van der Waals surface area contributed by atoms with Gasteiger partial charge in [0.1, 0.15) is 0 Å². The van der Waals surface area contributed by atoms with Gasteiger partial charge in [0.15, 0.2) is 0 Å². The van der Waals surface area contributed by atoms with Crippen molar-refractivity contribution in [2.45, 2.75) is 39.4 Å². The van der Waals surface area contributed by atoms with E-state index in [1.165, 1.54) is 0 Å². The third-order valence-corrected chi connectivity index (χ3v) is 3.69. The van der Waals surface area contributed by atoms with E-state index < -0.39 is 0 Å². The van der Waals surface area contributed by atoms with Gasteiger partial charge in [-0.15, -0.1) is 0 Å². The Hall–Kier alpha value is -0.840. The highest BCUT2D eigenvalue weighted by molar-refractivity contribution is 9.10. The van der Waals surface area contributed by atoms with Gasteiger partial charge in [-0.3, -0.25) is 4.68 Å². The quantitative estimate of drug-likeness (QED) is 0.888. The van der Waals surface area contributed by atoms with Crippen LogP contribution in [-0.4, -0.2) is 15.3 Å². The molecule has 1 N–H and O–H groups in total. The Morgan fingerprint density at radius 2 is 2.05 bits per heavy atom. The molecule has 0 fully saturated rings. The van der Waals surface area contributed by atoms with Gasteiger partial charge in [-0.25, -0.2) is 0 Å². The fourth-order valence-corrected chi connectivity index (χ4v) is 2.50. The molecule has 0 bridgehead atoms. The topological polar surface area (TPSA) is 29.9 Å². The zero-order valence-corrected chi connectivity index (χ0v) is 14.3. The van der Waals surface area contributed by atoms with Gasteiger partial charge in [-0.05, 0) is 44.5 Å². The van der Waals surface area contributed by atoms with E-state index in [0.717, 1.165) is 27.3 Å². The minimum absolute atomic E-state index is 0.0960. The van der Waals surface area contributed by atoms with Crippen LogP contribution in [0.5, 0.6) is 0 Å².